The van der Waals surface area contributed by atoms with Gasteiger partial charge in [-0.25, -0.2) is 4.79 Å². The summed E-state index contributed by atoms with van der Waals surface area (Å²) in [5, 5.41) is 13.2. The maximum absolute atomic E-state index is 13.7. The van der Waals surface area contributed by atoms with Crippen LogP contribution in [0.4, 0.5) is 4.79 Å². The molecule has 6 nitrogen and oxygen atoms in total. The smallest absolute Gasteiger partial charge is 0.325 e. The second kappa shape index (κ2) is 6.82. The first-order valence-electron chi connectivity index (χ1n) is 9.65. The topological polar surface area (TPSA) is 78.9 Å². The molecule has 2 N–H and O–H groups in total. The Kier molecular flexibility index (Phi) is 4.97. The Bertz CT molecular complexity index is 753. The number of carbonyl (C=O) groups excluding carboxylic acids is 2. The standard InChI is InChI=1S/C21H30N2O4/c1-13(2)23-18(25)21(22-19(23)26,17-12-15(24)7-6-14(17)3)20(4)10-8-16(27-5)9-11-20/h6-7,12-13,16,24H,8-11H2,1-5H3,(H,22,26). The zero-order chi connectivity index (χ0) is 20.0. The van der Waals surface area contributed by atoms with Crippen molar-refractivity contribution >= 4 is 11.9 Å². The molecule has 1 saturated carbocycles. The molecule has 27 heavy (non-hydrogen) atoms. The van der Waals surface area contributed by atoms with E-state index in [1.807, 2.05) is 20.8 Å². The number of phenols is 1. The van der Waals surface area contributed by atoms with E-state index in [-0.39, 0.29) is 29.8 Å². The molecule has 0 aromatic heterocycles. The Morgan fingerprint density at radius 1 is 1.26 bits per heavy atom. The largest absolute Gasteiger partial charge is 0.508 e. The summed E-state index contributed by atoms with van der Waals surface area (Å²) < 4.78 is 5.51. The molecule has 6 heteroatoms. The molecule has 1 saturated heterocycles. The van der Waals surface area contributed by atoms with Crippen molar-refractivity contribution in [3.8, 4) is 5.75 Å². The third kappa shape index (κ3) is 2.90. The second-order valence-electron chi connectivity index (χ2n) is 8.44. The van der Waals surface area contributed by atoms with Crippen molar-refractivity contribution in [2.24, 2.45) is 5.41 Å². The summed E-state index contributed by atoms with van der Waals surface area (Å²) in [5.41, 5.74) is -0.100. The van der Waals surface area contributed by atoms with Crippen LogP contribution < -0.4 is 5.32 Å². The average Bonchev–Trinajstić information content (AvgIpc) is 2.89. The van der Waals surface area contributed by atoms with Crippen LogP contribution in [0.1, 0.15) is 57.6 Å². The predicted molar refractivity (Wildman–Crippen MR) is 102 cm³/mol. The van der Waals surface area contributed by atoms with Crippen molar-refractivity contribution in [2.75, 3.05) is 7.11 Å². The first-order chi connectivity index (χ1) is 12.7. The molecule has 1 atom stereocenters. The van der Waals surface area contributed by atoms with Crippen LogP contribution in [0, 0.1) is 12.3 Å². The molecule has 3 rings (SSSR count). The van der Waals surface area contributed by atoms with Crippen molar-refractivity contribution < 1.29 is 19.4 Å². The molecular weight excluding hydrogens is 344 g/mol. The zero-order valence-corrected chi connectivity index (χ0v) is 16.8. The summed E-state index contributed by atoms with van der Waals surface area (Å²) in [6, 6.07) is 4.43. The average molecular weight is 374 g/mol. The number of methoxy groups -OCH3 is 1. The van der Waals surface area contributed by atoms with Crippen LogP contribution in [0.5, 0.6) is 5.75 Å². The zero-order valence-electron chi connectivity index (χ0n) is 16.8. The summed E-state index contributed by atoms with van der Waals surface area (Å²) in [6.07, 6.45) is 3.33. The number of rotatable bonds is 4. The van der Waals surface area contributed by atoms with Gasteiger partial charge in [0, 0.05) is 18.6 Å². The lowest BCUT2D eigenvalue weighted by Crippen LogP contribution is -2.58. The second-order valence-corrected chi connectivity index (χ2v) is 8.44. The van der Waals surface area contributed by atoms with Crippen LogP contribution in [0.25, 0.3) is 0 Å². The van der Waals surface area contributed by atoms with Gasteiger partial charge in [0.05, 0.1) is 6.10 Å². The summed E-state index contributed by atoms with van der Waals surface area (Å²) in [6.45, 7) is 7.67. The van der Waals surface area contributed by atoms with Gasteiger partial charge in [-0.2, -0.15) is 0 Å². The molecule has 1 heterocycles. The minimum atomic E-state index is -1.18. The molecule has 3 amide bonds. The lowest BCUT2D eigenvalue weighted by molar-refractivity contribution is -0.140. The Hall–Kier alpha value is -2.08. The van der Waals surface area contributed by atoms with E-state index in [4.69, 9.17) is 4.74 Å². The number of carbonyl (C=O) groups is 2. The molecule has 1 unspecified atom stereocenters. The highest BCUT2D eigenvalue weighted by molar-refractivity contribution is 6.08. The molecule has 1 aromatic rings. The number of urea groups is 1. The monoisotopic (exact) mass is 374 g/mol. The molecule has 1 aliphatic heterocycles. The predicted octanol–water partition coefficient (Wildman–Crippen LogP) is 3.45. The van der Waals surface area contributed by atoms with Crippen LogP contribution in [0.2, 0.25) is 0 Å². The van der Waals surface area contributed by atoms with Gasteiger partial charge in [0.15, 0.2) is 5.54 Å². The molecule has 2 fully saturated rings. The van der Waals surface area contributed by atoms with Gasteiger partial charge in [-0.05, 0) is 69.7 Å². The molecule has 1 aromatic carbocycles. The summed E-state index contributed by atoms with van der Waals surface area (Å²) >= 11 is 0. The normalized spacial score (nSPS) is 31.5. The number of amides is 3. The summed E-state index contributed by atoms with van der Waals surface area (Å²) in [7, 11) is 1.71. The fourth-order valence-corrected chi connectivity index (χ4v) is 4.79. The SMILES string of the molecule is COC1CCC(C)(C2(c3cc(O)ccc3C)NC(=O)N(C(C)C)C2=O)CC1. The Balaban J connectivity index is 2.18. The van der Waals surface area contributed by atoms with Crippen molar-refractivity contribution in [1.82, 2.24) is 10.2 Å². The van der Waals surface area contributed by atoms with E-state index in [9.17, 15) is 14.7 Å². The van der Waals surface area contributed by atoms with E-state index in [0.717, 1.165) is 31.2 Å². The van der Waals surface area contributed by atoms with Gasteiger partial charge in [-0.15, -0.1) is 0 Å². The highest BCUT2D eigenvalue weighted by atomic mass is 16.5. The number of nitrogens with one attached hydrogen (secondary N) is 1. The Labute approximate surface area is 160 Å². The lowest BCUT2D eigenvalue weighted by atomic mass is 9.59. The number of hydrogen-bond acceptors (Lipinski definition) is 4. The van der Waals surface area contributed by atoms with Gasteiger partial charge in [0.25, 0.3) is 5.91 Å². The van der Waals surface area contributed by atoms with E-state index in [0.29, 0.717) is 5.56 Å². The highest BCUT2D eigenvalue weighted by Crippen LogP contribution is 2.54. The number of nitrogens with zero attached hydrogens (tertiary/aromatic N) is 1. The maximum atomic E-state index is 13.7. The van der Waals surface area contributed by atoms with Gasteiger partial charge in [-0.3, -0.25) is 9.69 Å². The maximum Gasteiger partial charge on any atom is 0.325 e. The molecule has 2 aliphatic rings. The van der Waals surface area contributed by atoms with Crippen LogP contribution in [-0.4, -0.2) is 41.2 Å². The van der Waals surface area contributed by atoms with E-state index in [1.165, 1.54) is 4.90 Å². The van der Waals surface area contributed by atoms with E-state index < -0.39 is 11.0 Å². The number of imide groups is 1. The van der Waals surface area contributed by atoms with Crippen LogP contribution in [0.15, 0.2) is 18.2 Å². The van der Waals surface area contributed by atoms with Crippen molar-refractivity contribution in [3.63, 3.8) is 0 Å². The number of ether oxygens (including phenoxy) is 1. The number of benzene rings is 1. The number of aromatic hydroxyl groups is 1. The third-order valence-electron chi connectivity index (χ3n) is 6.47. The molecule has 1 aliphatic carbocycles. The van der Waals surface area contributed by atoms with Crippen LogP contribution in [0.3, 0.4) is 0 Å². The van der Waals surface area contributed by atoms with Crippen molar-refractivity contribution in [2.45, 2.75) is 71.1 Å². The van der Waals surface area contributed by atoms with Crippen LogP contribution >= 0.6 is 0 Å². The number of aryl methyl sites for hydroxylation is 1. The molecule has 148 valence electrons. The molecule has 0 radical (unpaired) electrons. The number of hydrogen-bond donors (Lipinski definition) is 2. The first-order valence-corrected chi connectivity index (χ1v) is 9.65. The fraction of sp³-hybridized carbons (Fsp3) is 0.619. The molecular formula is C21H30N2O4. The van der Waals surface area contributed by atoms with Gasteiger partial charge in [0.1, 0.15) is 5.75 Å². The minimum Gasteiger partial charge on any atom is -0.508 e. The first kappa shape index (κ1) is 19.7. The summed E-state index contributed by atoms with van der Waals surface area (Å²) in [4.78, 5) is 27.9. The number of phenolic OH excluding ortho intramolecular Hbond substituents is 1. The quantitative estimate of drug-likeness (QED) is 0.791. The molecule has 0 spiro atoms. The highest BCUT2D eigenvalue weighted by Gasteiger charge is 2.63. The lowest BCUT2D eigenvalue weighted by Gasteiger charge is -2.48. The fourth-order valence-electron chi connectivity index (χ4n) is 4.79. The Morgan fingerprint density at radius 3 is 2.41 bits per heavy atom. The van der Waals surface area contributed by atoms with Gasteiger partial charge in [-0.1, -0.05) is 13.0 Å². The van der Waals surface area contributed by atoms with Gasteiger partial charge >= 0.3 is 6.03 Å². The van der Waals surface area contributed by atoms with Crippen molar-refractivity contribution in [3.05, 3.63) is 29.3 Å². The Morgan fingerprint density at radius 2 is 1.89 bits per heavy atom. The van der Waals surface area contributed by atoms with Crippen LogP contribution in [-0.2, 0) is 15.1 Å². The summed E-state index contributed by atoms with van der Waals surface area (Å²) in [5.74, 6) is -0.135. The van der Waals surface area contributed by atoms with E-state index >= 15 is 0 Å². The van der Waals surface area contributed by atoms with E-state index in [2.05, 4.69) is 12.2 Å². The van der Waals surface area contributed by atoms with Gasteiger partial charge < -0.3 is 15.2 Å². The minimum absolute atomic E-state index is 0.0919. The third-order valence-corrected chi connectivity index (χ3v) is 6.47. The van der Waals surface area contributed by atoms with Gasteiger partial charge in [0.2, 0.25) is 0 Å². The molecule has 0 bridgehead atoms. The van der Waals surface area contributed by atoms with E-state index in [1.54, 1.807) is 25.3 Å². The van der Waals surface area contributed by atoms with Crippen molar-refractivity contribution in [1.29, 1.82) is 0 Å².